The van der Waals surface area contributed by atoms with E-state index in [0.717, 1.165) is 38.9 Å². The molecule has 0 aromatic rings. The van der Waals surface area contributed by atoms with Crippen molar-refractivity contribution < 1.29 is 0 Å². The Morgan fingerprint density at radius 3 is 2.11 bits per heavy atom. The van der Waals surface area contributed by atoms with Crippen LogP contribution in [-0.4, -0.2) is 36.6 Å². The summed E-state index contributed by atoms with van der Waals surface area (Å²) in [5.41, 5.74) is -0.161. The molecule has 0 unspecified atom stereocenters. The molecule has 0 spiro atoms. The van der Waals surface area contributed by atoms with Crippen LogP contribution in [0.3, 0.4) is 0 Å². The monoisotopic (exact) mass is 267 g/mol. The first kappa shape index (κ1) is 18.4. The Balaban J connectivity index is 3.58. The Labute approximate surface area is 120 Å². The summed E-state index contributed by atoms with van der Waals surface area (Å²) in [6.45, 7) is 16.3. The van der Waals surface area contributed by atoms with Crippen LogP contribution in [0, 0.1) is 16.7 Å². The molecule has 0 atom stereocenters. The fourth-order valence-corrected chi connectivity index (χ4v) is 2.32. The normalized spacial score (nSPS) is 12.4. The molecule has 0 bridgehead atoms. The Kier molecular flexibility index (Phi) is 9.05. The molecule has 0 aliphatic rings. The van der Waals surface area contributed by atoms with E-state index in [1.165, 1.54) is 0 Å². The number of nitrogens with zero attached hydrogens (tertiary/aromatic N) is 2. The Morgan fingerprint density at radius 1 is 1.05 bits per heavy atom. The molecule has 0 rings (SSSR count). The molecule has 0 radical (unpaired) electrons. The molecule has 0 fully saturated rings. The minimum absolute atomic E-state index is 0.161. The Hall–Kier alpha value is -0.590. The summed E-state index contributed by atoms with van der Waals surface area (Å²) in [5.74, 6) is 0. The summed E-state index contributed by atoms with van der Waals surface area (Å²) in [6.07, 6.45) is 3.29. The van der Waals surface area contributed by atoms with E-state index >= 15 is 0 Å². The molecule has 0 saturated heterocycles. The van der Waals surface area contributed by atoms with Crippen LogP contribution in [0.2, 0.25) is 0 Å². The number of hydrogen-bond acceptors (Lipinski definition) is 3. The molecule has 0 aliphatic heterocycles. The second-order valence-corrected chi connectivity index (χ2v) is 6.63. The first-order valence-corrected chi connectivity index (χ1v) is 7.68. The van der Waals surface area contributed by atoms with Gasteiger partial charge < -0.3 is 5.32 Å². The molecule has 1 N–H and O–H groups in total. The van der Waals surface area contributed by atoms with Gasteiger partial charge in [0.2, 0.25) is 0 Å². The average molecular weight is 267 g/mol. The lowest BCUT2D eigenvalue weighted by atomic mass is 9.89. The summed E-state index contributed by atoms with van der Waals surface area (Å²) in [7, 11) is 0. The lowest BCUT2D eigenvalue weighted by Gasteiger charge is -2.30. The van der Waals surface area contributed by atoms with Crippen molar-refractivity contribution in [3.05, 3.63) is 0 Å². The van der Waals surface area contributed by atoms with Crippen molar-refractivity contribution in [3.8, 4) is 6.07 Å². The van der Waals surface area contributed by atoms with Gasteiger partial charge >= 0.3 is 0 Å². The van der Waals surface area contributed by atoms with E-state index in [1.54, 1.807) is 0 Å². The van der Waals surface area contributed by atoms with Gasteiger partial charge in [-0.25, -0.2) is 0 Å². The van der Waals surface area contributed by atoms with Crippen LogP contribution in [-0.2, 0) is 0 Å². The maximum absolute atomic E-state index is 8.93. The molecule has 19 heavy (non-hydrogen) atoms. The van der Waals surface area contributed by atoms with Crippen molar-refractivity contribution in [1.82, 2.24) is 10.2 Å². The van der Waals surface area contributed by atoms with E-state index in [0.29, 0.717) is 12.1 Å². The summed E-state index contributed by atoms with van der Waals surface area (Å²) >= 11 is 0. The molecule has 0 heterocycles. The second-order valence-electron chi connectivity index (χ2n) is 6.63. The Morgan fingerprint density at radius 2 is 1.63 bits per heavy atom. The number of rotatable bonds is 10. The molecule has 0 amide bonds. The van der Waals surface area contributed by atoms with Crippen LogP contribution in [0.5, 0.6) is 0 Å². The highest BCUT2D eigenvalue weighted by atomic mass is 15.2. The molecular formula is C16H33N3. The number of nitriles is 1. The molecule has 0 aromatic carbocycles. The first-order valence-electron chi connectivity index (χ1n) is 7.68. The second kappa shape index (κ2) is 9.34. The highest BCUT2D eigenvalue weighted by molar-refractivity contribution is 4.91. The zero-order valence-corrected chi connectivity index (χ0v) is 13.8. The third kappa shape index (κ3) is 9.02. The molecule has 0 saturated carbocycles. The average Bonchev–Trinajstić information content (AvgIpc) is 2.31. The molecule has 112 valence electrons. The first-order chi connectivity index (χ1) is 8.80. The van der Waals surface area contributed by atoms with Crippen LogP contribution in [0.4, 0.5) is 0 Å². The van der Waals surface area contributed by atoms with Gasteiger partial charge in [-0.05, 0) is 60.9 Å². The lowest BCUT2D eigenvalue weighted by Crippen LogP contribution is -2.41. The SMILES string of the molecule is CC(C)N(CCNCCCCC(C)(C)C#N)C(C)C. The summed E-state index contributed by atoms with van der Waals surface area (Å²) in [4.78, 5) is 2.51. The van der Waals surface area contributed by atoms with Crippen molar-refractivity contribution in [3.63, 3.8) is 0 Å². The van der Waals surface area contributed by atoms with Crippen molar-refractivity contribution in [2.75, 3.05) is 19.6 Å². The van der Waals surface area contributed by atoms with Crippen molar-refractivity contribution in [1.29, 1.82) is 5.26 Å². The van der Waals surface area contributed by atoms with Crippen molar-refractivity contribution in [2.45, 2.75) is 72.9 Å². The van der Waals surface area contributed by atoms with E-state index in [1.807, 2.05) is 13.8 Å². The minimum atomic E-state index is -0.161. The lowest BCUT2D eigenvalue weighted by molar-refractivity contribution is 0.176. The van der Waals surface area contributed by atoms with Crippen molar-refractivity contribution in [2.24, 2.45) is 5.41 Å². The maximum Gasteiger partial charge on any atom is 0.0683 e. The topological polar surface area (TPSA) is 39.1 Å². The van der Waals surface area contributed by atoms with Crippen LogP contribution >= 0.6 is 0 Å². The van der Waals surface area contributed by atoms with Gasteiger partial charge in [0.05, 0.1) is 11.5 Å². The summed E-state index contributed by atoms with van der Waals surface area (Å²) in [6, 6.07) is 3.58. The van der Waals surface area contributed by atoms with Gasteiger partial charge in [-0.2, -0.15) is 5.26 Å². The molecule has 3 nitrogen and oxygen atoms in total. The zero-order chi connectivity index (χ0) is 14.9. The molecule has 0 aromatic heterocycles. The van der Waals surface area contributed by atoms with Gasteiger partial charge in [0, 0.05) is 25.2 Å². The molecule has 0 aliphatic carbocycles. The third-order valence-electron chi connectivity index (χ3n) is 3.58. The fraction of sp³-hybridized carbons (Fsp3) is 0.938. The van der Waals surface area contributed by atoms with E-state index in [-0.39, 0.29) is 5.41 Å². The molecular weight excluding hydrogens is 234 g/mol. The van der Waals surface area contributed by atoms with E-state index in [2.05, 4.69) is 44.0 Å². The standard InChI is InChI=1S/C16H33N3/c1-14(2)19(15(3)4)12-11-18-10-8-7-9-16(5,6)13-17/h14-15,18H,7-12H2,1-6H3. The highest BCUT2D eigenvalue weighted by Crippen LogP contribution is 2.21. The number of nitrogens with one attached hydrogen (secondary N) is 1. The van der Waals surface area contributed by atoms with Gasteiger partial charge in [-0.3, -0.25) is 4.90 Å². The summed E-state index contributed by atoms with van der Waals surface area (Å²) < 4.78 is 0. The van der Waals surface area contributed by atoms with Crippen LogP contribution in [0.25, 0.3) is 0 Å². The van der Waals surface area contributed by atoms with Crippen molar-refractivity contribution >= 4 is 0 Å². The molecule has 3 heteroatoms. The van der Waals surface area contributed by atoms with Crippen LogP contribution in [0.15, 0.2) is 0 Å². The van der Waals surface area contributed by atoms with Crippen LogP contribution < -0.4 is 5.32 Å². The van der Waals surface area contributed by atoms with E-state index in [9.17, 15) is 0 Å². The van der Waals surface area contributed by atoms with Crippen LogP contribution in [0.1, 0.15) is 60.8 Å². The minimum Gasteiger partial charge on any atom is -0.315 e. The summed E-state index contributed by atoms with van der Waals surface area (Å²) in [5, 5.41) is 12.4. The Bertz CT molecular complexity index is 256. The number of unbranched alkanes of at least 4 members (excludes halogenated alkanes) is 1. The zero-order valence-electron chi connectivity index (χ0n) is 13.8. The quantitative estimate of drug-likeness (QED) is 0.616. The predicted octanol–water partition coefficient (Wildman–Crippen LogP) is 3.41. The van der Waals surface area contributed by atoms with E-state index in [4.69, 9.17) is 5.26 Å². The predicted molar refractivity (Wildman–Crippen MR) is 83.1 cm³/mol. The largest absolute Gasteiger partial charge is 0.315 e. The van der Waals surface area contributed by atoms with Gasteiger partial charge in [0.15, 0.2) is 0 Å². The highest BCUT2D eigenvalue weighted by Gasteiger charge is 2.15. The van der Waals surface area contributed by atoms with Gasteiger partial charge in [0.25, 0.3) is 0 Å². The van der Waals surface area contributed by atoms with Gasteiger partial charge in [-0.15, -0.1) is 0 Å². The smallest absolute Gasteiger partial charge is 0.0683 e. The van der Waals surface area contributed by atoms with Gasteiger partial charge in [0.1, 0.15) is 0 Å². The number of hydrogen-bond donors (Lipinski definition) is 1. The third-order valence-corrected chi connectivity index (χ3v) is 3.58. The van der Waals surface area contributed by atoms with Gasteiger partial charge in [-0.1, -0.05) is 6.42 Å². The fourth-order valence-electron chi connectivity index (χ4n) is 2.32. The van der Waals surface area contributed by atoms with E-state index < -0.39 is 0 Å². The maximum atomic E-state index is 8.93.